The summed E-state index contributed by atoms with van der Waals surface area (Å²) < 4.78 is 11.0. The zero-order chi connectivity index (χ0) is 23.5. The molecule has 1 N–H and O–H groups in total. The smallest absolute Gasteiger partial charge is 0.306 e. The van der Waals surface area contributed by atoms with Crippen LogP contribution in [-0.2, 0) is 14.3 Å². The Hall–Kier alpha value is -0.870. The number of unbranched alkanes of at least 4 members (excludes halogenated alkanes) is 15. The molecule has 0 aliphatic carbocycles. The second-order valence-electron chi connectivity index (χ2n) is 9.12. The molecule has 0 fully saturated rings. The van der Waals surface area contributed by atoms with Gasteiger partial charge in [-0.1, -0.05) is 109 Å². The predicted octanol–water partition coefficient (Wildman–Crippen LogP) is 7.92. The van der Waals surface area contributed by atoms with Crippen LogP contribution in [0.2, 0.25) is 0 Å². The summed E-state index contributed by atoms with van der Waals surface area (Å²) >= 11 is 0. The minimum atomic E-state index is -0.526. The molecule has 190 valence electrons. The first-order valence-corrected chi connectivity index (χ1v) is 13.8. The SMILES string of the molecule is CCCC/C=C\CCCCCCCCOCC(CO)OC(=O)CCCCCCCCCC. The lowest BCUT2D eigenvalue weighted by atomic mass is 10.1. The molecule has 0 aromatic rings. The highest BCUT2D eigenvalue weighted by Gasteiger charge is 2.13. The first kappa shape index (κ1) is 31.1. The molecule has 0 radical (unpaired) electrons. The molecule has 32 heavy (non-hydrogen) atoms. The average Bonchev–Trinajstić information content (AvgIpc) is 2.80. The van der Waals surface area contributed by atoms with Gasteiger partial charge in [0, 0.05) is 13.0 Å². The number of hydrogen-bond acceptors (Lipinski definition) is 4. The second-order valence-corrected chi connectivity index (χ2v) is 9.12. The number of allylic oxidation sites excluding steroid dienone is 2. The van der Waals surface area contributed by atoms with Crippen molar-refractivity contribution >= 4 is 5.97 Å². The minimum Gasteiger partial charge on any atom is -0.457 e. The minimum absolute atomic E-state index is 0.171. The number of rotatable bonds is 25. The van der Waals surface area contributed by atoms with Gasteiger partial charge in [-0.2, -0.15) is 0 Å². The van der Waals surface area contributed by atoms with Gasteiger partial charge in [0.15, 0.2) is 0 Å². The van der Waals surface area contributed by atoms with Crippen LogP contribution in [0.5, 0.6) is 0 Å². The summed E-state index contributed by atoms with van der Waals surface area (Å²) in [4.78, 5) is 11.9. The molecule has 0 bridgehead atoms. The third-order valence-electron chi connectivity index (χ3n) is 5.84. The number of aliphatic hydroxyl groups is 1. The van der Waals surface area contributed by atoms with E-state index in [0.717, 1.165) is 19.3 Å². The monoisotopic (exact) mass is 454 g/mol. The predicted molar refractivity (Wildman–Crippen MR) is 136 cm³/mol. The van der Waals surface area contributed by atoms with Gasteiger partial charge in [0.2, 0.25) is 0 Å². The standard InChI is InChI=1S/C28H54O4/c1-3-5-7-9-11-13-14-15-16-18-20-22-24-31-26-27(25-29)32-28(30)23-21-19-17-12-10-8-6-4-2/h9,11,27,29H,3-8,10,12-26H2,1-2H3/b11-9-. The summed E-state index contributed by atoms with van der Waals surface area (Å²) in [7, 11) is 0. The summed E-state index contributed by atoms with van der Waals surface area (Å²) in [6.45, 7) is 5.26. The molecule has 4 heteroatoms. The van der Waals surface area contributed by atoms with E-state index in [4.69, 9.17) is 9.47 Å². The van der Waals surface area contributed by atoms with E-state index in [1.54, 1.807) is 0 Å². The van der Waals surface area contributed by atoms with Crippen LogP contribution >= 0.6 is 0 Å². The van der Waals surface area contributed by atoms with E-state index >= 15 is 0 Å². The molecule has 0 spiro atoms. The molecule has 0 aliphatic rings. The van der Waals surface area contributed by atoms with Gasteiger partial charge < -0.3 is 14.6 Å². The molecule has 0 aromatic carbocycles. The van der Waals surface area contributed by atoms with Crippen molar-refractivity contribution in [3.05, 3.63) is 12.2 Å². The van der Waals surface area contributed by atoms with Gasteiger partial charge in [0.1, 0.15) is 6.10 Å². The van der Waals surface area contributed by atoms with E-state index in [1.807, 2.05) is 0 Å². The lowest BCUT2D eigenvalue weighted by molar-refractivity contribution is -0.154. The number of esters is 1. The highest BCUT2D eigenvalue weighted by Crippen LogP contribution is 2.11. The fourth-order valence-electron chi connectivity index (χ4n) is 3.72. The van der Waals surface area contributed by atoms with Crippen molar-refractivity contribution in [1.82, 2.24) is 0 Å². The van der Waals surface area contributed by atoms with Crippen LogP contribution in [0.3, 0.4) is 0 Å². The van der Waals surface area contributed by atoms with Crippen LogP contribution in [0.15, 0.2) is 12.2 Å². The molecular weight excluding hydrogens is 400 g/mol. The van der Waals surface area contributed by atoms with Crippen molar-refractivity contribution in [2.24, 2.45) is 0 Å². The van der Waals surface area contributed by atoms with E-state index in [0.29, 0.717) is 19.6 Å². The number of carbonyl (C=O) groups excluding carboxylic acids is 1. The van der Waals surface area contributed by atoms with Crippen molar-refractivity contribution in [1.29, 1.82) is 0 Å². The molecule has 1 unspecified atom stereocenters. The van der Waals surface area contributed by atoms with Gasteiger partial charge in [-0.05, 0) is 32.1 Å². The average molecular weight is 455 g/mol. The summed E-state index contributed by atoms with van der Waals surface area (Å²) in [6.07, 6.45) is 26.6. The molecule has 0 saturated heterocycles. The first-order valence-electron chi connectivity index (χ1n) is 13.8. The quantitative estimate of drug-likeness (QED) is 0.0864. The molecule has 1 atom stereocenters. The van der Waals surface area contributed by atoms with Gasteiger partial charge in [0.05, 0.1) is 13.2 Å². The molecule has 0 aliphatic heterocycles. The van der Waals surface area contributed by atoms with E-state index in [1.165, 1.54) is 96.3 Å². The fraction of sp³-hybridized carbons (Fsp3) is 0.893. The Morgan fingerprint density at radius 1 is 0.719 bits per heavy atom. The molecule has 4 nitrogen and oxygen atoms in total. The molecule has 0 heterocycles. The van der Waals surface area contributed by atoms with Crippen LogP contribution < -0.4 is 0 Å². The topological polar surface area (TPSA) is 55.8 Å². The largest absolute Gasteiger partial charge is 0.457 e. The Morgan fingerprint density at radius 2 is 1.25 bits per heavy atom. The van der Waals surface area contributed by atoms with Crippen LogP contribution in [0, 0.1) is 0 Å². The molecule has 0 amide bonds. The Balaban J connectivity index is 3.46. The van der Waals surface area contributed by atoms with Crippen LogP contribution in [-0.4, -0.2) is 37.0 Å². The summed E-state index contributed by atoms with van der Waals surface area (Å²) in [5, 5.41) is 9.43. The maximum absolute atomic E-state index is 11.9. The number of hydrogen-bond donors (Lipinski definition) is 1. The van der Waals surface area contributed by atoms with Crippen LogP contribution in [0.25, 0.3) is 0 Å². The molecule has 0 saturated carbocycles. The number of aliphatic hydroxyl groups excluding tert-OH is 1. The van der Waals surface area contributed by atoms with Gasteiger partial charge in [-0.25, -0.2) is 0 Å². The van der Waals surface area contributed by atoms with Crippen molar-refractivity contribution in [2.45, 2.75) is 142 Å². The van der Waals surface area contributed by atoms with Gasteiger partial charge in [0.25, 0.3) is 0 Å². The first-order chi connectivity index (χ1) is 15.7. The Labute approximate surface area is 199 Å². The Kier molecular flexibility index (Phi) is 25.7. The normalized spacial score (nSPS) is 12.5. The van der Waals surface area contributed by atoms with Gasteiger partial charge in [-0.3, -0.25) is 4.79 Å². The zero-order valence-corrected chi connectivity index (χ0v) is 21.5. The Bertz CT molecular complexity index is 408. The van der Waals surface area contributed by atoms with Gasteiger partial charge >= 0.3 is 5.97 Å². The van der Waals surface area contributed by atoms with E-state index in [2.05, 4.69) is 26.0 Å². The van der Waals surface area contributed by atoms with Crippen molar-refractivity contribution in [3.63, 3.8) is 0 Å². The summed E-state index contributed by atoms with van der Waals surface area (Å²) in [5.41, 5.74) is 0. The highest BCUT2D eigenvalue weighted by atomic mass is 16.6. The zero-order valence-electron chi connectivity index (χ0n) is 21.5. The number of ether oxygens (including phenoxy) is 2. The van der Waals surface area contributed by atoms with E-state index in [-0.39, 0.29) is 12.6 Å². The maximum Gasteiger partial charge on any atom is 0.306 e. The fourth-order valence-corrected chi connectivity index (χ4v) is 3.72. The highest BCUT2D eigenvalue weighted by molar-refractivity contribution is 5.69. The lowest BCUT2D eigenvalue weighted by Crippen LogP contribution is -2.27. The van der Waals surface area contributed by atoms with Crippen molar-refractivity contribution in [3.8, 4) is 0 Å². The van der Waals surface area contributed by atoms with Crippen molar-refractivity contribution < 1.29 is 19.4 Å². The maximum atomic E-state index is 11.9. The number of carbonyl (C=O) groups is 1. The van der Waals surface area contributed by atoms with Crippen LogP contribution in [0.4, 0.5) is 0 Å². The van der Waals surface area contributed by atoms with Crippen LogP contribution in [0.1, 0.15) is 136 Å². The molecule has 0 rings (SSSR count). The molecule has 0 aromatic heterocycles. The molecular formula is C28H54O4. The third kappa shape index (κ3) is 23.8. The van der Waals surface area contributed by atoms with Crippen molar-refractivity contribution in [2.75, 3.05) is 19.8 Å². The van der Waals surface area contributed by atoms with E-state index < -0.39 is 6.10 Å². The van der Waals surface area contributed by atoms with Gasteiger partial charge in [-0.15, -0.1) is 0 Å². The third-order valence-corrected chi connectivity index (χ3v) is 5.84. The van der Waals surface area contributed by atoms with E-state index in [9.17, 15) is 9.90 Å². The summed E-state index contributed by atoms with van der Waals surface area (Å²) in [5.74, 6) is -0.209. The Morgan fingerprint density at radius 3 is 1.88 bits per heavy atom. The lowest BCUT2D eigenvalue weighted by Gasteiger charge is -2.15. The summed E-state index contributed by atoms with van der Waals surface area (Å²) in [6, 6.07) is 0. The second kappa shape index (κ2) is 26.4.